The highest BCUT2D eigenvalue weighted by molar-refractivity contribution is 5.86. The van der Waals surface area contributed by atoms with Gasteiger partial charge in [0.25, 0.3) is 0 Å². The van der Waals surface area contributed by atoms with E-state index >= 15 is 0 Å². The van der Waals surface area contributed by atoms with Crippen LogP contribution in [-0.4, -0.2) is 41.8 Å². The molecule has 2 aromatic carbocycles. The molecule has 0 aromatic heterocycles. The zero-order valence-corrected chi connectivity index (χ0v) is 20.2. The molecule has 0 aliphatic heterocycles. The van der Waals surface area contributed by atoms with Crippen LogP contribution >= 0.6 is 0 Å². The number of rotatable bonds is 8. The smallest absolute Gasteiger partial charge is 0.407 e. The number of carbonyl (C=O) groups is 3. The summed E-state index contributed by atoms with van der Waals surface area (Å²) < 4.78 is 5.69. The van der Waals surface area contributed by atoms with Gasteiger partial charge < -0.3 is 20.5 Å². The van der Waals surface area contributed by atoms with E-state index in [-0.39, 0.29) is 24.5 Å². The fraction of sp³-hybridized carbons (Fsp3) is 0.464. The van der Waals surface area contributed by atoms with Crippen molar-refractivity contribution in [2.75, 3.05) is 6.61 Å². The van der Waals surface area contributed by atoms with Crippen molar-refractivity contribution in [2.45, 2.75) is 69.9 Å². The summed E-state index contributed by atoms with van der Waals surface area (Å²) in [6.07, 6.45) is 4.50. The number of alkyl carbamates (subject to hydrolysis) is 1. The first-order valence-electron chi connectivity index (χ1n) is 12.6. The second-order valence-electron chi connectivity index (χ2n) is 9.51. The summed E-state index contributed by atoms with van der Waals surface area (Å²) in [7, 11) is 0. The van der Waals surface area contributed by atoms with Crippen molar-refractivity contribution in [1.82, 2.24) is 10.6 Å². The molecule has 7 nitrogen and oxygen atoms in total. The van der Waals surface area contributed by atoms with Gasteiger partial charge in [-0.05, 0) is 41.5 Å². The van der Waals surface area contributed by atoms with Gasteiger partial charge in [-0.25, -0.2) is 9.59 Å². The van der Waals surface area contributed by atoms with Gasteiger partial charge >= 0.3 is 12.1 Å². The van der Waals surface area contributed by atoms with Crippen LogP contribution < -0.4 is 10.6 Å². The van der Waals surface area contributed by atoms with Gasteiger partial charge in [-0.3, -0.25) is 4.79 Å². The predicted octanol–water partition coefficient (Wildman–Crippen LogP) is 4.84. The average molecular weight is 479 g/mol. The minimum absolute atomic E-state index is 0.0354. The molecule has 2 aliphatic rings. The first kappa shape index (κ1) is 24.8. The minimum Gasteiger partial charge on any atom is -0.480 e. The third-order valence-corrected chi connectivity index (χ3v) is 7.19. The molecule has 0 bridgehead atoms. The van der Waals surface area contributed by atoms with E-state index in [0.29, 0.717) is 25.7 Å². The van der Waals surface area contributed by atoms with Gasteiger partial charge in [0.15, 0.2) is 0 Å². The fourth-order valence-corrected chi connectivity index (χ4v) is 5.41. The van der Waals surface area contributed by atoms with Crippen molar-refractivity contribution in [3.63, 3.8) is 0 Å². The van der Waals surface area contributed by atoms with E-state index in [4.69, 9.17) is 4.74 Å². The Bertz CT molecular complexity index is 1020. The Kier molecular flexibility index (Phi) is 8.06. The second-order valence-corrected chi connectivity index (χ2v) is 9.51. The third-order valence-electron chi connectivity index (χ3n) is 7.19. The van der Waals surface area contributed by atoms with Crippen LogP contribution in [-0.2, 0) is 14.3 Å². The standard InChI is InChI=1S/C28H34N2O5/c1-2-10-25(27(32)33)29-26(31)22-15-4-3-5-16-24(22)30-28(34)35-17-23-20-13-8-6-11-18(20)19-12-7-9-14-21(19)23/h6-9,11-14,22-25H,2-5,10,15-17H2,1H3,(H,29,31)(H,30,34)(H,32,33)/t22-,24+,25+/m1/s1. The Morgan fingerprint density at radius 1 is 0.971 bits per heavy atom. The lowest BCUT2D eigenvalue weighted by molar-refractivity contribution is -0.142. The molecule has 3 atom stereocenters. The monoisotopic (exact) mass is 478 g/mol. The number of fused-ring (bicyclic) bond motifs is 3. The molecule has 0 saturated heterocycles. The van der Waals surface area contributed by atoms with Crippen LogP contribution in [0, 0.1) is 5.92 Å². The molecule has 4 rings (SSSR count). The Labute approximate surface area is 206 Å². The normalized spacial score (nSPS) is 20.1. The lowest BCUT2D eigenvalue weighted by atomic mass is 9.93. The summed E-state index contributed by atoms with van der Waals surface area (Å²) in [6.45, 7) is 2.09. The SMILES string of the molecule is CCC[C@H](NC(=O)[C@@H]1CCCCC[C@@H]1NC(=O)OCC1c2ccccc2-c2ccccc21)C(=O)O. The molecule has 0 radical (unpaired) electrons. The molecule has 1 fully saturated rings. The number of hydrogen-bond acceptors (Lipinski definition) is 4. The number of carboxylic acid groups (broad SMARTS) is 1. The fourth-order valence-electron chi connectivity index (χ4n) is 5.41. The number of hydrogen-bond donors (Lipinski definition) is 3. The Morgan fingerprint density at radius 2 is 1.60 bits per heavy atom. The molecule has 35 heavy (non-hydrogen) atoms. The Balaban J connectivity index is 1.41. The van der Waals surface area contributed by atoms with Crippen LogP contribution in [0.2, 0.25) is 0 Å². The summed E-state index contributed by atoms with van der Waals surface area (Å²) in [5, 5.41) is 15.0. The molecule has 0 unspecified atom stereocenters. The maximum atomic E-state index is 13.0. The quantitative estimate of drug-likeness (QED) is 0.471. The number of amides is 2. The highest BCUT2D eigenvalue weighted by atomic mass is 16.5. The van der Waals surface area contributed by atoms with Crippen molar-refractivity contribution in [2.24, 2.45) is 5.92 Å². The molecule has 2 aliphatic carbocycles. The summed E-state index contributed by atoms with van der Waals surface area (Å²) >= 11 is 0. The van der Waals surface area contributed by atoms with E-state index in [9.17, 15) is 19.5 Å². The van der Waals surface area contributed by atoms with E-state index in [1.165, 1.54) is 0 Å². The number of benzene rings is 2. The Hall–Kier alpha value is -3.35. The van der Waals surface area contributed by atoms with Crippen LogP contribution in [0.4, 0.5) is 4.79 Å². The topological polar surface area (TPSA) is 105 Å². The number of ether oxygens (including phenoxy) is 1. The number of aliphatic carboxylic acids is 1. The molecular formula is C28H34N2O5. The van der Waals surface area contributed by atoms with Gasteiger partial charge in [-0.2, -0.15) is 0 Å². The van der Waals surface area contributed by atoms with E-state index < -0.39 is 24.0 Å². The van der Waals surface area contributed by atoms with Gasteiger partial charge in [0.1, 0.15) is 12.6 Å². The lowest BCUT2D eigenvalue weighted by Gasteiger charge is -2.27. The van der Waals surface area contributed by atoms with E-state index in [0.717, 1.165) is 41.5 Å². The highest BCUT2D eigenvalue weighted by Gasteiger charge is 2.34. The Morgan fingerprint density at radius 3 is 2.23 bits per heavy atom. The second kappa shape index (κ2) is 11.4. The zero-order chi connectivity index (χ0) is 24.8. The van der Waals surface area contributed by atoms with Crippen LogP contribution in [0.3, 0.4) is 0 Å². The third kappa shape index (κ3) is 5.66. The molecule has 3 N–H and O–H groups in total. The molecule has 1 saturated carbocycles. The summed E-state index contributed by atoms with van der Waals surface area (Å²) in [6, 6.07) is 15.0. The largest absolute Gasteiger partial charge is 0.480 e. The van der Waals surface area contributed by atoms with Crippen LogP contribution in [0.5, 0.6) is 0 Å². The number of carboxylic acids is 1. The first-order valence-corrected chi connectivity index (χ1v) is 12.6. The van der Waals surface area contributed by atoms with Crippen LogP contribution in [0.1, 0.15) is 68.9 Å². The van der Waals surface area contributed by atoms with Gasteiger partial charge in [0.2, 0.25) is 5.91 Å². The van der Waals surface area contributed by atoms with Crippen molar-refractivity contribution in [3.8, 4) is 11.1 Å². The molecular weight excluding hydrogens is 444 g/mol. The lowest BCUT2D eigenvalue weighted by Crippen LogP contribution is -2.50. The molecule has 2 amide bonds. The summed E-state index contributed by atoms with van der Waals surface area (Å²) in [5.41, 5.74) is 4.61. The van der Waals surface area contributed by atoms with Gasteiger partial charge in [0, 0.05) is 12.0 Å². The van der Waals surface area contributed by atoms with Gasteiger partial charge in [-0.15, -0.1) is 0 Å². The first-order chi connectivity index (χ1) is 17.0. The molecule has 186 valence electrons. The van der Waals surface area contributed by atoms with Crippen molar-refractivity contribution >= 4 is 18.0 Å². The zero-order valence-electron chi connectivity index (χ0n) is 20.2. The van der Waals surface area contributed by atoms with Crippen molar-refractivity contribution in [1.29, 1.82) is 0 Å². The number of carbonyl (C=O) groups excluding carboxylic acids is 2. The predicted molar refractivity (Wildman–Crippen MR) is 133 cm³/mol. The molecule has 0 spiro atoms. The highest BCUT2D eigenvalue weighted by Crippen LogP contribution is 2.44. The molecule has 0 heterocycles. The average Bonchev–Trinajstić information content (AvgIpc) is 2.98. The maximum Gasteiger partial charge on any atom is 0.407 e. The van der Waals surface area contributed by atoms with Crippen molar-refractivity contribution in [3.05, 3.63) is 59.7 Å². The van der Waals surface area contributed by atoms with Crippen LogP contribution in [0.25, 0.3) is 11.1 Å². The summed E-state index contributed by atoms with van der Waals surface area (Å²) in [4.78, 5) is 37.4. The number of nitrogens with one attached hydrogen (secondary N) is 2. The molecule has 7 heteroatoms. The van der Waals surface area contributed by atoms with E-state index in [1.807, 2.05) is 31.2 Å². The summed E-state index contributed by atoms with van der Waals surface area (Å²) in [5.74, 6) is -1.85. The van der Waals surface area contributed by atoms with Crippen LogP contribution in [0.15, 0.2) is 48.5 Å². The van der Waals surface area contributed by atoms with Gasteiger partial charge in [0.05, 0.1) is 5.92 Å². The van der Waals surface area contributed by atoms with Crippen molar-refractivity contribution < 1.29 is 24.2 Å². The van der Waals surface area contributed by atoms with E-state index in [2.05, 4.69) is 34.9 Å². The maximum absolute atomic E-state index is 13.0. The van der Waals surface area contributed by atoms with Gasteiger partial charge in [-0.1, -0.05) is 81.1 Å². The molecule has 2 aromatic rings. The van der Waals surface area contributed by atoms with E-state index in [1.54, 1.807) is 0 Å². The minimum atomic E-state index is -1.03.